The van der Waals surface area contributed by atoms with Crippen LogP contribution in [0.25, 0.3) is 0 Å². The molecule has 22 heavy (non-hydrogen) atoms. The lowest BCUT2D eigenvalue weighted by molar-refractivity contribution is -0.139. The lowest BCUT2D eigenvalue weighted by atomic mass is 9.76. The van der Waals surface area contributed by atoms with Crippen molar-refractivity contribution < 1.29 is 14.6 Å². The highest BCUT2D eigenvalue weighted by molar-refractivity contribution is 5.67. The van der Waals surface area contributed by atoms with Gasteiger partial charge in [0.2, 0.25) is 0 Å². The third-order valence-electron chi connectivity index (χ3n) is 5.10. The monoisotopic (exact) mass is 301 g/mol. The SMILES string of the molecule is CCc1cccc2c1C1C=COC(CC)(CCC(=O)O)C1N2. The predicted octanol–water partition coefficient (Wildman–Crippen LogP) is 3.68. The molecule has 0 saturated heterocycles. The molecular formula is C18H23NO3. The fourth-order valence-corrected chi connectivity index (χ4v) is 3.88. The van der Waals surface area contributed by atoms with E-state index in [4.69, 9.17) is 9.84 Å². The lowest BCUT2D eigenvalue weighted by Gasteiger charge is -2.42. The minimum atomic E-state index is -0.771. The van der Waals surface area contributed by atoms with E-state index in [2.05, 4.69) is 43.4 Å². The van der Waals surface area contributed by atoms with Crippen molar-refractivity contribution in [2.75, 3.05) is 5.32 Å². The number of ether oxygens (including phenoxy) is 1. The fraction of sp³-hybridized carbons (Fsp3) is 0.500. The van der Waals surface area contributed by atoms with Crippen molar-refractivity contribution in [2.24, 2.45) is 0 Å². The number of carbonyl (C=O) groups is 1. The van der Waals surface area contributed by atoms with E-state index in [0.717, 1.165) is 18.5 Å². The van der Waals surface area contributed by atoms with Gasteiger partial charge in [-0.2, -0.15) is 0 Å². The molecule has 0 radical (unpaired) electrons. The molecule has 0 saturated carbocycles. The smallest absolute Gasteiger partial charge is 0.303 e. The van der Waals surface area contributed by atoms with E-state index in [1.165, 1.54) is 11.1 Å². The Balaban J connectivity index is 1.97. The topological polar surface area (TPSA) is 58.6 Å². The van der Waals surface area contributed by atoms with E-state index in [1.54, 1.807) is 6.26 Å². The van der Waals surface area contributed by atoms with Gasteiger partial charge in [-0.25, -0.2) is 0 Å². The highest BCUT2D eigenvalue weighted by atomic mass is 16.5. The van der Waals surface area contributed by atoms with Crippen molar-refractivity contribution in [1.29, 1.82) is 0 Å². The standard InChI is InChI=1S/C18H23NO3/c1-3-12-6-5-7-14-16(12)13-9-11-22-18(4-2,17(13)19-14)10-8-15(20)21/h5-7,9,11,13,17,19H,3-4,8,10H2,1-2H3,(H,20,21). The van der Waals surface area contributed by atoms with Crippen molar-refractivity contribution in [2.45, 2.75) is 57.1 Å². The van der Waals surface area contributed by atoms with Crippen LogP contribution >= 0.6 is 0 Å². The molecule has 3 atom stereocenters. The summed E-state index contributed by atoms with van der Waals surface area (Å²) in [5.41, 5.74) is 3.41. The van der Waals surface area contributed by atoms with E-state index in [0.29, 0.717) is 6.42 Å². The molecule has 2 heterocycles. The summed E-state index contributed by atoms with van der Waals surface area (Å²) in [6.45, 7) is 4.24. The maximum absolute atomic E-state index is 11.0. The molecule has 1 aromatic rings. The molecule has 0 bridgehead atoms. The summed E-state index contributed by atoms with van der Waals surface area (Å²) in [5.74, 6) is -0.513. The molecular weight excluding hydrogens is 278 g/mol. The van der Waals surface area contributed by atoms with Crippen LogP contribution in [0.2, 0.25) is 0 Å². The van der Waals surface area contributed by atoms with Gasteiger partial charge in [0.1, 0.15) is 5.60 Å². The van der Waals surface area contributed by atoms with Crippen molar-refractivity contribution in [3.8, 4) is 0 Å². The molecule has 0 aliphatic carbocycles. The molecule has 2 N–H and O–H groups in total. The second-order valence-electron chi connectivity index (χ2n) is 6.14. The van der Waals surface area contributed by atoms with Gasteiger partial charge in [0.25, 0.3) is 0 Å². The second-order valence-corrected chi connectivity index (χ2v) is 6.14. The van der Waals surface area contributed by atoms with Crippen LogP contribution < -0.4 is 5.32 Å². The van der Waals surface area contributed by atoms with Crippen molar-refractivity contribution in [3.05, 3.63) is 41.7 Å². The number of hydrogen-bond acceptors (Lipinski definition) is 3. The number of benzene rings is 1. The summed E-state index contributed by atoms with van der Waals surface area (Å²) >= 11 is 0. The van der Waals surface area contributed by atoms with Crippen LogP contribution in [0, 0.1) is 0 Å². The number of aryl methyl sites for hydroxylation is 1. The zero-order chi connectivity index (χ0) is 15.7. The van der Waals surface area contributed by atoms with Crippen LogP contribution in [0.5, 0.6) is 0 Å². The molecule has 0 amide bonds. The number of anilines is 1. The Hall–Kier alpha value is -1.97. The van der Waals surface area contributed by atoms with Crippen LogP contribution in [-0.4, -0.2) is 22.7 Å². The normalized spacial score (nSPS) is 28.5. The highest BCUT2D eigenvalue weighted by Crippen LogP contribution is 2.48. The minimum Gasteiger partial charge on any atom is -0.493 e. The molecule has 2 aliphatic rings. The lowest BCUT2D eigenvalue weighted by Crippen LogP contribution is -2.50. The van der Waals surface area contributed by atoms with Gasteiger partial charge in [-0.1, -0.05) is 26.0 Å². The molecule has 4 nitrogen and oxygen atoms in total. The van der Waals surface area contributed by atoms with E-state index < -0.39 is 11.6 Å². The molecule has 1 aromatic carbocycles. The predicted molar refractivity (Wildman–Crippen MR) is 86.1 cm³/mol. The quantitative estimate of drug-likeness (QED) is 0.871. The molecule has 0 spiro atoms. The summed E-state index contributed by atoms with van der Waals surface area (Å²) in [4.78, 5) is 11.0. The minimum absolute atomic E-state index is 0.101. The summed E-state index contributed by atoms with van der Waals surface area (Å²) in [6.07, 6.45) is 6.31. The van der Waals surface area contributed by atoms with Gasteiger partial charge >= 0.3 is 5.97 Å². The molecule has 0 fully saturated rings. The number of nitrogens with one attached hydrogen (secondary N) is 1. The van der Waals surface area contributed by atoms with Crippen molar-refractivity contribution >= 4 is 11.7 Å². The van der Waals surface area contributed by atoms with Crippen LogP contribution in [0.4, 0.5) is 5.69 Å². The first-order chi connectivity index (χ1) is 10.6. The summed E-state index contributed by atoms with van der Waals surface area (Å²) in [5, 5.41) is 12.7. The number of carboxylic acid groups (broad SMARTS) is 1. The molecule has 3 rings (SSSR count). The van der Waals surface area contributed by atoms with Gasteiger partial charge in [-0.3, -0.25) is 4.79 Å². The maximum Gasteiger partial charge on any atom is 0.303 e. The van der Waals surface area contributed by atoms with Crippen LogP contribution in [0.1, 0.15) is 50.2 Å². The van der Waals surface area contributed by atoms with E-state index in [9.17, 15) is 4.79 Å². The Kier molecular flexibility index (Phi) is 3.85. The first-order valence-electron chi connectivity index (χ1n) is 8.06. The average Bonchev–Trinajstić information content (AvgIpc) is 2.92. The van der Waals surface area contributed by atoms with Gasteiger partial charge in [0.15, 0.2) is 0 Å². The molecule has 2 aliphatic heterocycles. The van der Waals surface area contributed by atoms with Crippen LogP contribution in [-0.2, 0) is 16.0 Å². The van der Waals surface area contributed by atoms with E-state index in [1.807, 2.05) is 0 Å². The maximum atomic E-state index is 11.0. The Bertz CT molecular complexity index is 610. The number of carboxylic acids is 1. The Morgan fingerprint density at radius 3 is 2.91 bits per heavy atom. The highest BCUT2D eigenvalue weighted by Gasteiger charge is 2.49. The molecule has 4 heteroatoms. The number of rotatable bonds is 5. The zero-order valence-corrected chi connectivity index (χ0v) is 13.1. The zero-order valence-electron chi connectivity index (χ0n) is 13.1. The van der Waals surface area contributed by atoms with Crippen molar-refractivity contribution in [1.82, 2.24) is 0 Å². The van der Waals surface area contributed by atoms with Crippen molar-refractivity contribution in [3.63, 3.8) is 0 Å². The number of aliphatic carboxylic acids is 1. The summed E-state index contributed by atoms with van der Waals surface area (Å²) in [7, 11) is 0. The largest absolute Gasteiger partial charge is 0.493 e. The summed E-state index contributed by atoms with van der Waals surface area (Å²) < 4.78 is 5.98. The van der Waals surface area contributed by atoms with Gasteiger partial charge in [-0.05, 0) is 42.5 Å². The van der Waals surface area contributed by atoms with E-state index >= 15 is 0 Å². The third kappa shape index (κ3) is 2.27. The Morgan fingerprint density at radius 1 is 1.41 bits per heavy atom. The Labute approximate surface area is 131 Å². The van der Waals surface area contributed by atoms with Gasteiger partial charge in [0, 0.05) is 18.0 Å². The molecule has 3 unspecified atom stereocenters. The third-order valence-corrected chi connectivity index (χ3v) is 5.10. The summed E-state index contributed by atoms with van der Waals surface area (Å²) in [6, 6.07) is 6.47. The first kappa shape index (κ1) is 14.9. The van der Waals surface area contributed by atoms with Crippen LogP contribution in [0.15, 0.2) is 30.5 Å². The van der Waals surface area contributed by atoms with E-state index in [-0.39, 0.29) is 18.4 Å². The average molecular weight is 301 g/mol. The number of fused-ring (bicyclic) bond motifs is 3. The van der Waals surface area contributed by atoms with Gasteiger partial charge in [0.05, 0.1) is 12.3 Å². The second kappa shape index (κ2) is 5.67. The van der Waals surface area contributed by atoms with Crippen LogP contribution in [0.3, 0.4) is 0 Å². The molecule has 118 valence electrons. The first-order valence-corrected chi connectivity index (χ1v) is 8.06. The van der Waals surface area contributed by atoms with Gasteiger partial charge in [-0.15, -0.1) is 0 Å². The number of hydrogen-bond donors (Lipinski definition) is 2. The Morgan fingerprint density at radius 2 is 2.23 bits per heavy atom. The molecule has 0 aromatic heterocycles. The van der Waals surface area contributed by atoms with Gasteiger partial charge < -0.3 is 15.2 Å². The fourth-order valence-electron chi connectivity index (χ4n) is 3.88.